The van der Waals surface area contributed by atoms with Gasteiger partial charge in [-0.25, -0.2) is 4.79 Å². The van der Waals surface area contributed by atoms with Crippen molar-refractivity contribution in [2.45, 2.75) is 13.3 Å². The number of carbonyl (C=O) groups is 1. The molecule has 4 nitrogen and oxygen atoms in total. The number of esters is 1. The van der Waals surface area contributed by atoms with Crippen LogP contribution in [0, 0.1) is 0 Å². The van der Waals surface area contributed by atoms with E-state index in [9.17, 15) is 4.79 Å². The van der Waals surface area contributed by atoms with Crippen LogP contribution in [0.4, 0.5) is 5.69 Å². The molecule has 0 saturated heterocycles. The van der Waals surface area contributed by atoms with Gasteiger partial charge in [-0.15, -0.1) is 11.3 Å². The van der Waals surface area contributed by atoms with Crippen LogP contribution in [0.3, 0.4) is 0 Å². The van der Waals surface area contributed by atoms with Gasteiger partial charge in [0.05, 0.1) is 18.8 Å². The Balaban J connectivity index is 1.98. The molecule has 106 valence electrons. The molecule has 0 bridgehead atoms. The van der Waals surface area contributed by atoms with E-state index < -0.39 is 5.97 Å². The van der Waals surface area contributed by atoms with Crippen LogP contribution in [0.25, 0.3) is 0 Å². The van der Waals surface area contributed by atoms with Crippen molar-refractivity contribution in [1.82, 2.24) is 0 Å². The summed E-state index contributed by atoms with van der Waals surface area (Å²) in [5, 5.41) is 2.04. The van der Waals surface area contributed by atoms with Crippen LogP contribution in [0.5, 0.6) is 5.75 Å². The first-order chi connectivity index (χ1) is 9.70. The molecule has 2 N–H and O–H groups in total. The number of thiophene rings is 1. The van der Waals surface area contributed by atoms with Crippen molar-refractivity contribution in [2.24, 2.45) is 0 Å². The van der Waals surface area contributed by atoms with Gasteiger partial charge in [0, 0.05) is 17.0 Å². The lowest BCUT2D eigenvalue weighted by atomic mass is 10.1. The number of rotatable bonds is 6. The van der Waals surface area contributed by atoms with Crippen LogP contribution in [0.1, 0.15) is 22.2 Å². The van der Waals surface area contributed by atoms with Gasteiger partial charge < -0.3 is 15.2 Å². The van der Waals surface area contributed by atoms with E-state index in [0.29, 0.717) is 30.2 Å². The first-order valence-corrected chi connectivity index (χ1v) is 7.30. The van der Waals surface area contributed by atoms with Gasteiger partial charge in [0.15, 0.2) is 0 Å². The van der Waals surface area contributed by atoms with Crippen LogP contribution in [-0.2, 0) is 11.2 Å². The lowest BCUT2D eigenvalue weighted by Crippen LogP contribution is -2.09. The molecule has 0 spiro atoms. The fraction of sp³-hybridized carbons (Fsp3) is 0.267. The maximum absolute atomic E-state index is 11.7. The minimum absolute atomic E-state index is 0.321. The summed E-state index contributed by atoms with van der Waals surface area (Å²) in [6, 6.07) is 9.13. The van der Waals surface area contributed by atoms with Gasteiger partial charge in [-0.2, -0.15) is 0 Å². The molecule has 20 heavy (non-hydrogen) atoms. The molecule has 2 rings (SSSR count). The maximum atomic E-state index is 11.7. The van der Waals surface area contributed by atoms with E-state index in [1.807, 2.05) is 11.4 Å². The Morgan fingerprint density at radius 1 is 1.35 bits per heavy atom. The highest BCUT2D eigenvalue weighted by atomic mass is 32.1. The van der Waals surface area contributed by atoms with Gasteiger partial charge in [0.1, 0.15) is 5.75 Å². The average Bonchev–Trinajstić information content (AvgIpc) is 2.94. The highest BCUT2D eigenvalue weighted by Crippen LogP contribution is 2.21. The fourth-order valence-electron chi connectivity index (χ4n) is 1.74. The first kappa shape index (κ1) is 14.4. The monoisotopic (exact) mass is 291 g/mol. The second kappa shape index (κ2) is 6.96. The smallest absolute Gasteiger partial charge is 0.340 e. The predicted octanol–water partition coefficient (Wildman–Crippen LogP) is 3.13. The Bertz CT molecular complexity index is 567. The van der Waals surface area contributed by atoms with Gasteiger partial charge in [-0.05, 0) is 36.6 Å². The molecule has 0 amide bonds. The molecule has 0 saturated carbocycles. The average molecular weight is 291 g/mol. The molecule has 1 aromatic carbocycles. The van der Waals surface area contributed by atoms with E-state index in [2.05, 4.69) is 6.07 Å². The van der Waals surface area contributed by atoms with Crippen LogP contribution in [-0.4, -0.2) is 19.2 Å². The van der Waals surface area contributed by atoms with Crippen LogP contribution in [0.2, 0.25) is 0 Å². The number of hydrogen-bond donors (Lipinski definition) is 1. The summed E-state index contributed by atoms with van der Waals surface area (Å²) in [5.74, 6) is 0.201. The molecule has 1 heterocycles. The number of ether oxygens (including phenoxy) is 2. The van der Waals surface area contributed by atoms with Gasteiger partial charge in [0.2, 0.25) is 0 Å². The topological polar surface area (TPSA) is 61.5 Å². The standard InChI is InChI=1S/C15H17NO3S/c1-2-18-15(17)13-10-11(5-6-14(13)16)19-8-7-12-4-3-9-20-12/h3-6,9-10H,2,7-8,16H2,1H3. The lowest BCUT2D eigenvalue weighted by molar-refractivity contribution is 0.0527. The van der Waals surface area contributed by atoms with E-state index >= 15 is 0 Å². The second-order valence-electron chi connectivity index (χ2n) is 4.15. The fourth-order valence-corrected chi connectivity index (χ4v) is 2.43. The molecule has 0 aliphatic heterocycles. The Morgan fingerprint density at radius 3 is 2.90 bits per heavy atom. The molecule has 0 radical (unpaired) electrons. The SMILES string of the molecule is CCOC(=O)c1cc(OCCc2cccs2)ccc1N. The van der Waals surface area contributed by atoms with Gasteiger partial charge in [-0.1, -0.05) is 6.07 Å². The van der Waals surface area contributed by atoms with Crippen molar-refractivity contribution in [2.75, 3.05) is 18.9 Å². The van der Waals surface area contributed by atoms with Crippen molar-refractivity contribution in [3.05, 3.63) is 46.2 Å². The molecule has 0 unspecified atom stereocenters. The third kappa shape index (κ3) is 3.74. The van der Waals surface area contributed by atoms with Gasteiger partial charge in [0.25, 0.3) is 0 Å². The number of nitrogens with two attached hydrogens (primary N) is 1. The highest BCUT2D eigenvalue weighted by Gasteiger charge is 2.12. The molecular weight excluding hydrogens is 274 g/mol. The van der Waals surface area contributed by atoms with Crippen molar-refractivity contribution in [1.29, 1.82) is 0 Å². The van der Waals surface area contributed by atoms with Gasteiger partial charge in [-0.3, -0.25) is 0 Å². The number of carbonyl (C=O) groups excluding carboxylic acids is 1. The minimum Gasteiger partial charge on any atom is -0.493 e. The summed E-state index contributed by atoms with van der Waals surface area (Å²) < 4.78 is 10.6. The molecule has 0 aliphatic rings. The summed E-state index contributed by atoms with van der Waals surface area (Å²) in [6.07, 6.45) is 0.844. The second-order valence-corrected chi connectivity index (χ2v) is 5.18. The molecule has 1 aromatic heterocycles. The maximum Gasteiger partial charge on any atom is 0.340 e. The van der Waals surface area contributed by atoms with Crippen molar-refractivity contribution >= 4 is 23.0 Å². The number of hydrogen-bond acceptors (Lipinski definition) is 5. The molecule has 0 aliphatic carbocycles. The van der Waals surface area contributed by atoms with Crippen LogP contribution >= 0.6 is 11.3 Å². The van der Waals surface area contributed by atoms with Gasteiger partial charge >= 0.3 is 5.97 Å². The summed E-state index contributed by atoms with van der Waals surface area (Å²) in [5.41, 5.74) is 6.52. The van der Waals surface area contributed by atoms with E-state index in [1.165, 1.54) is 4.88 Å². The largest absolute Gasteiger partial charge is 0.493 e. The third-order valence-electron chi connectivity index (χ3n) is 2.72. The molecule has 0 atom stereocenters. The molecule has 0 fully saturated rings. The molecule has 2 aromatic rings. The minimum atomic E-state index is -0.422. The first-order valence-electron chi connectivity index (χ1n) is 6.42. The van der Waals surface area contributed by atoms with Crippen LogP contribution < -0.4 is 10.5 Å². The zero-order valence-corrected chi connectivity index (χ0v) is 12.1. The Hall–Kier alpha value is -2.01. The van der Waals surface area contributed by atoms with Crippen LogP contribution in [0.15, 0.2) is 35.7 Å². The van der Waals surface area contributed by atoms with E-state index in [0.717, 1.165) is 6.42 Å². The number of anilines is 1. The third-order valence-corrected chi connectivity index (χ3v) is 3.65. The summed E-state index contributed by atoms with van der Waals surface area (Å²) in [7, 11) is 0. The van der Waals surface area contributed by atoms with Crippen molar-refractivity contribution in [3.63, 3.8) is 0 Å². The van der Waals surface area contributed by atoms with E-state index in [-0.39, 0.29) is 0 Å². The van der Waals surface area contributed by atoms with E-state index in [1.54, 1.807) is 36.5 Å². The molecule has 5 heteroatoms. The summed E-state index contributed by atoms with van der Waals surface area (Å²) in [6.45, 7) is 2.64. The number of nitrogen functional groups attached to an aromatic ring is 1. The quantitative estimate of drug-likeness (QED) is 0.656. The highest BCUT2D eigenvalue weighted by molar-refractivity contribution is 7.09. The van der Waals surface area contributed by atoms with Crippen molar-refractivity contribution < 1.29 is 14.3 Å². The van der Waals surface area contributed by atoms with E-state index in [4.69, 9.17) is 15.2 Å². The zero-order valence-electron chi connectivity index (χ0n) is 11.3. The van der Waals surface area contributed by atoms with Crippen molar-refractivity contribution in [3.8, 4) is 5.75 Å². The zero-order chi connectivity index (χ0) is 14.4. The Morgan fingerprint density at radius 2 is 2.20 bits per heavy atom. The normalized spacial score (nSPS) is 10.2. The Kier molecular flexibility index (Phi) is 5.01. The lowest BCUT2D eigenvalue weighted by Gasteiger charge is -2.09. The number of benzene rings is 1. The predicted molar refractivity (Wildman–Crippen MR) is 80.3 cm³/mol. The Labute approximate surface area is 122 Å². The molecular formula is C15H17NO3S. The summed E-state index contributed by atoms with van der Waals surface area (Å²) >= 11 is 1.70. The summed E-state index contributed by atoms with van der Waals surface area (Å²) in [4.78, 5) is 13.0.